The summed E-state index contributed by atoms with van der Waals surface area (Å²) in [5.74, 6) is -0.415. The molecule has 2 aliphatic heterocycles. The molecule has 0 aromatic heterocycles. The molecule has 0 saturated carbocycles. The number of halogens is 2. The van der Waals surface area contributed by atoms with Crippen molar-refractivity contribution in [1.82, 2.24) is 9.21 Å². The normalized spacial score (nSPS) is 18.4. The first-order valence-electron chi connectivity index (χ1n) is 11.5. The fourth-order valence-electron chi connectivity index (χ4n) is 4.38. The van der Waals surface area contributed by atoms with E-state index in [2.05, 4.69) is 10.2 Å². The summed E-state index contributed by atoms with van der Waals surface area (Å²) >= 11 is 6.15. The summed E-state index contributed by atoms with van der Waals surface area (Å²) in [6.45, 7) is 2.88. The minimum atomic E-state index is -3.72. The molecule has 0 aliphatic carbocycles. The molecular formula is C24H29ClFN3O5S. The van der Waals surface area contributed by atoms with E-state index in [4.69, 9.17) is 21.1 Å². The molecule has 2 aromatic rings. The number of likely N-dealkylation sites (tertiary alicyclic amines) is 1. The summed E-state index contributed by atoms with van der Waals surface area (Å²) in [6, 6.07) is 9.10. The number of benzene rings is 2. The highest BCUT2D eigenvalue weighted by atomic mass is 35.5. The number of nitrogens with one attached hydrogen (secondary N) is 1. The van der Waals surface area contributed by atoms with Crippen LogP contribution in [0.1, 0.15) is 18.4 Å². The molecule has 11 heteroatoms. The predicted octanol–water partition coefficient (Wildman–Crippen LogP) is 3.36. The van der Waals surface area contributed by atoms with E-state index < -0.39 is 10.0 Å². The van der Waals surface area contributed by atoms with Crippen molar-refractivity contribution in [3.05, 3.63) is 52.8 Å². The second kappa shape index (κ2) is 11.2. The maximum Gasteiger partial charge on any atom is 0.243 e. The Morgan fingerprint density at radius 2 is 1.89 bits per heavy atom. The Balaban J connectivity index is 1.41. The number of morpholine rings is 1. The summed E-state index contributed by atoms with van der Waals surface area (Å²) in [5, 5.41) is 3.25. The van der Waals surface area contributed by atoms with Crippen LogP contribution in [0.2, 0.25) is 5.02 Å². The van der Waals surface area contributed by atoms with Crippen molar-refractivity contribution in [3.8, 4) is 5.75 Å². The largest absolute Gasteiger partial charge is 0.495 e. The number of anilines is 1. The molecule has 0 atom stereocenters. The molecule has 1 amide bonds. The number of piperidine rings is 1. The van der Waals surface area contributed by atoms with E-state index in [0.717, 1.165) is 0 Å². The number of carbonyl (C=O) groups is 1. The lowest BCUT2D eigenvalue weighted by molar-refractivity contribution is -0.121. The minimum Gasteiger partial charge on any atom is -0.495 e. The topological polar surface area (TPSA) is 88.2 Å². The quantitative estimate of drug-likeness (QED) is 0.596. The Labute approximate surface area is 210 Å². The Bertz CT molecular complexity index is 1150. The summed E-state index contributed by atoms with van der Waals surface area (Å²) in [4.78, 5) is 15.2. The molecule has 2 aliphatic rings. The highest BCUT2D eigenvalue weighted by Gasteiger charge is 2.29. The van der Waals surface area contributed by atoms with E-state index in [1.54, 1.807) is 18.2 Å². The van der Waals surface area contributed by atoms with Crippen LogP contribution < -0.4 is 10.1 Å². The van der Waals surface area contributed by atoms with Gasteiger partial charge in [-0.1, -0.05) is 17.7 Å². The highest BCUT2D eigenvalue weighted by Crippen LogP contribution is 2.31. The number of ether oxygens (including phenoxy) is 2. The Kier molecular flexibility index (Phi) is 8.28. The minimum absolute atomic E-state index is 0.0899. The fourth-order valence-corrected chi connectivity index (χ4v) is 6.03. The van der Waals surface area contributed by atoms with Crippen molar-refractivity contribution in [2.75, 3.05) is 51.8 Å². The van der Waals surface area contributed by atoms with Gasteiger partial charge in [-0.2, -0.15) is 4.31 Å². The average Bonchev–Trinajstić information content (AvgIpc) is 2.87. The molecule has 190 valence electrons. The molecule has 2 heterocycles. The lowest BCUT2D eigenvalue weighted by Crippen LogP contribution is -2.40. The number of rotatable bonds is 7. The lowest BCUT2D eigenvalue weighted by atomic mass is 9.95. The first-order valence-corrected chi connectivity index (χ1v) is 13.3. The zero-order chi connectivity index (χ0) is 25.0. The summed E-state index contributed by atoms with van der Waals surface area (Å²) in [5.41, 5.74) is 0.771. The van der Waals surface area contributed by atoms with Crippen LogP contribution in [0.4, 0.5) is 10.1 Å². The first-order chi connectivity index (χ1) is 16.8. The fraction of sp³-hybridized carbons (Fsp3) is 0.458. The van der Waals surface area contributed by atoms with Gasteiger partial charge in [0.15, 0.2) is 0 Å². The Hall–Kier alpha value is -2.24. The van der Waals surface area contributed by atoms with Gasteiger partial charge < -0.3 is 14.8 Å². The number of methoxy groups -OCH3 is 1. The van der Waals surface area contributed by atoms with Crippen molar-refractivity contribution in [1.29, 1.82) is 0 Å². The molecule has 0 unspecified atom stereocenters. The van der Waals surface area contributed by atoms with Crippen LogP contribution >= 0.6 is 11.6 Å². The third-order valence-electron chi connectivity index (χ3n) is 6.44. The predicted molar refractivity (Wildman–Crippen MR) is 131 cm³/mol. The van der Waals surface area contributed by atoms with Gasteiger partial charge in [0.1, 0.15) is 11.6 Å². The van der Waals surface area contributed by atoms with Crippen LogP contribution in [0, 0.1) is 11.7 Å². The SMILES string of the molecule is COc1ccc(S(=O)(=O)N2CCOCC2)cc1NC(=O)C1CCN(Cc2c(F)cccc2Cl)CC1. The van der Waals surface area contributed by atoms with Gasteiger partial charge in [-0.3, -0.25) is 9.69 Å². The van der Waals surface area contributed by atoms with E-state index >= 15 is 0 Å². The molecule has 2 fully saturated rings. The number of carbonyl (C=O) groups excluding carboxylic acids is 1. The lowest BCUT2D eigenvalue weighted by Gasteiger charge is -2.31. The molecule has 2 aromatic carbocycles. The maximum atomic E-state index is 14.1. The van der Waals surface area contributed by atoms with Gasteiger partial charge in [0.2, 0.25) is 15.9 Å². The monoisotopic (exact) mass is 525 g/mol. The average molecular weight is 526 g/mol. The standard InChI is InChI=1S/C24H29ClFN3O5S/c1-33-23-6-5-18(35(31,32)29-11-13-34-14-12-29)15-22(23)27-24(30)17-7-9-28(10-8-17)16-19-20(25)3-2-4-21(19)26/h2-6,15,17H,7-14,16H2,1H3,(H,27,30). The first kappa shape index (κ1) is 25.8. The van der Waals surface area contributed by atoms with Crippen molar-refractivity contribution in [2.24, 2.45) is 5.92 Å². The van der Waals surface area contributed by atoms with Gasteiger partial charge >= 0.3 is 0 Å². The number of sulfonamides is 1. The molecule has 8 nitrogen and oxygen atoms in total. The summed E-state index contributed by atoms with van der Waals surface area (Å²) in [7, 11) is -2.25. The van der Waals surface area contributed by atoms with E-state index in [-0.39, 0.29) is 35.6 Å². The molecule has 1 N–H and O–H groups in total. The van der Waals surface area contributed by atoms with Crippen molar-refractivity contribution >= 4 is 33.2 Å². The van der Waals surface area contributed by atoms with Crippen LogP contribution in [0.15, 0.2) is 41.3 Å². The van der Waals surface area contributed by atoms with Gasteiger partial charge in [0, 0.05) is 36.1 Å². The van der Waals surface area contributed by atoms with Gasteiger partial charge in [0.05, 0.1) is 30.9 Å². The maximum absolute atomic E-state index is 14.1. The van der Waals surface area contributed by atoms with Gasteiger partial charge in [-0.25, -0.2) is 12.8 Å². The number of amides is 1. The van der Waals surface area contributed by atoms with Crippen LogP contribution in [-0.2, 0) is 26.1 Å². The zero-order valence-electron chi connectivity index (χ0n) is 19.5. The van der Waals surface area contributed by atoms with E-state index in [1.807, 2.05) is 0 Å². The summed E-state index contributed by atoms with van der Waals surface area (Å²) in [6.07, 6.45) is 1.18. The van der Waals surface area contributed by atoms with Crippen molar-refractivity contribution in [2.45, 2.75) is 24.3 Å². The molecule has 0 bridgehead atoms. The van der Waals surface area contributed by atoms with Crippen molar-refractivity contribution < 1.29 is 27.1 Å². The molecule has 4 rings (SSSR count). The molecular weight excluding hydrogens is 497 g/mol. The second-order valence-electron chi connectivity index (χ2n) is 8.62. The zero-order valence-corrected chi connectivity index (χ0v) is 21.1. The van der Waals surface area contributed by atoms with Gasteiger partial charge in [-0.05, 0) is 56.3 Å². The molecule has 2 saturated heterocycles. The number of hydrogen-bond donors (Lipinski definition) is 1. The molecule has 35 heavy (non-hydrogen) atoms. The van der Waals surface area contributed by atoms with E-state index in [0.29, 0.717) is 67.7 Å². The third kappa shape index (κ3) is 5.95. The van der Waals surface area contributed by atoms with Crippen molar-refractivity contribution in [3.63, 3.8) is 0 Å². The van der Waals surface area contributed by atoms with Crippen LogP contribution in [0.25, 0.3) is 0 Å². The van der Waals surface area contributed by atoms with Gasteiger partial charge in [-0.15, -0.1) is 0 Å². The van der Waals surface area contributed by atoms with Crippen LogP contribution in [0.5, 0.6) is 5.75 Å². The number of nitrogens with zero attached hydrogens (tertiary/aromatic N) is 2. The highest BCUT2D eigenvalue weighted by molar-refractivity contribution is 7.89. The molecule has 0 radical (unpaired) electrons. The smallest absolute Gasteiger partial charge is 0.243 e. The van der Waals surface area contributed by atoms with Crippen LogP contribution in [-0.4, -0.2) is 70.0 Å². The van der Waals surface area contributed by atoms with Crippen LogP contribution in [0.3, 0.4) is 0 Å². The Morgan fingerprint density at radius 3 is 2.54 bits per heavy atom. The van der Waals surface area contributed by atoms with Gasteiger partial charge in [0.25, 0.3) is 0 Å². The summed E-state index contributed by atoms with van der Waals surface area (Å²) < 4.78 is 52.2. The van der Waals surface area contributed by atoms with E-state index in [1.165, 1.54) is 29.6 Å². The van der Waals surface area contributed by atoms with E-state index in [9.17, 15) is 17.6 Å². The second-order valence-corrected chi connectivity index (χ2v) is 11.0. The molecule has 0 spiro atoms. The Morgan fingerprint density at radius 1 is 1.17 bits per heavy atom. The third-order valence-corrected chi connectivity index (χ3v) is 8.69. The number of hydrogen-bond acceptors (Lipinski definition) is 6.